The molecular formula is C27H36N4O5. The zero-order chi connectivity index (χ0) is 25.2. The molecular weight excluding hydrogens is 460 g/mol. The highest BCUT2D eigenvalue weighted by Crippen LogP contribution is 2.27. The van der Waals surface area contributed by atoms with E-state index >= 15 is 0 Å². The Kier molecular flexibility index (Phi) is 9.57. The van der Waals surface area contributed by atoms with Crippen molar-refractivity contribution in [3.63, 3.8) is 0 Å². The lowest BCUT2D eigenvalue weighted by atomic mass is 10.1. The van der Waals surface area contributed by atoms with Crippen LogP contribution in [-0.4, -0.2) is 86.3 Å². The van der Waals surface area contributed by atoms with E-state index in [4.69, 9.17) is 18.9 Å². The van der Waals surface area contributed by atoms with Crippen LogP contribution in [0.25, 0.3) is 11.4 Å². The molecule has 9 nitrogen and oxygen atoms in total. The monoisotopic (exact) mass is 496 g/mol. The third kappa shape index (κ3) is 7.44. The SMILES string of the molecule is COc1ccc(CCNC[C@H](O)COc2ccc(-c3ncc(CN4CCOCC4)[nH]3)cc2)cc1OC. The van der Waals surface area contributed by atoms with Gasteiger partial charge in [0, 0.05) is 43.6 Å². The first-order chi connectivity index (χ1) is 17.6. The lowest BCUT2D eigenvalue weighted by Gasteiger charge is -2.25. The first kappa shape index (κ1) is 26.0. The molecule has 3 aromatic rings. The number of ether oxygens (including phenoxy) is 4. The molecule has 0 amide bonds. The Bertz CT molecular complexity index is 1070. The van der Waals surface area contributed by atoms with Crippen LogP contribution in [-0.2, 0) is 17.7 Å². The van der Waals surface area contributed by atoms with E-state index in [1.807, 2.05) is 48.7 Å². The number of aromatic nitrogens is 2. The van der Waals surface area contributed by atoms with Crippen molar-refractivity contribution < 1.29 is 24.1 Å². The molecule has 0 bridgehead atoms. The normalized spacial score (nSPS) is 15.0. The summed E-state index contributed by atoms with van der Waals surface area (Å²) in [5.41, 5.74) is 3.22. The van der Waals surface area contributed by atoms with Crippen molar-refractivity contribution in [3.8, 4) is 28.6 Å². The molecule has 194 valence electrons. The second-order valence-electron chi connectivity index (χ2n) is 8.78. The molecule has 3 N–H and O–H groups in total. The van der Waals surface area contributed by atoms with Crippen LogP contribution in [0, 0.1) is 0 Å². The van der Waals surface area contributed by atoms with Crippen molar-refractivity contribution in [2.45, 2.75) is 19.1 Å². The molecule has 1 aromatic heterocycles. The Labute approximate surface area is 212 Å². The summed E-state index contributed by atoms with van der Waals surface area (Å²) >= 11 is 0. The summed E-state index contributed by atoms with van der Waals surface area (Å²) in [4.78, 5) is 10.3. The summed E-state index contributed by atoms with van der Waals surface area (Å²) in [5.74, 6) is 2.98. The molecule has 0 saturated carbocycles. The Hall–Kier alpha value is -3.11. The molecule has 1 fully saturated rings. The molecule has 36 heavy (non-hydrogen) atoms. The van der Waals surface area contributed by atoms with Gasteiger partial charge in [-0.25, -0.2) is 4.98 Å². The molecule has 1 aliphatic heterocycles. The van der Waals surface area contributed by atoms with Gasteiger partial charge in [-0.2, -0.15) is 0 Å². The largest absolute Gasteiger partial charge is 0.493 e. The van der Waals surface area contributed by atoms with Gasteiger partial charge in [-0.15, -0.1) is 0 Å². The van der Waals surface area contributed by atoms with E-state index in [-0.39, 0.29) is 6.61 Å². The lowest BCUT2D eigenvalue weighted by Crippen LogP contribution is -2.35. The van der Waals surface area contributed by atoms with Gasteiger partial charge >= 0.3 is 0 Å². The molecule has 0 radical (unpaired) electrons. The van der Waals surface area contributed by atoms with Crippen molar-refractivity contribution in [3.05, 3.63) is 59.9 Å². The zero-order valence-electron chi connectivity index (χ0n) is 21.0. The van der Waals surface area contributed by atoms with Crippen LogP contribution in [0.2, 0.25) is 0 Å². The van der Waals surface area contributed by atoms with Crippen LogP contribution in [0.3, 0.4) is 0 Å². The van der Waals surface area contributed by atoms with Crippen molar-refractivity contribution in [1.29, 1.82) is 0 Å². The van der Waals surface area contributed by atoms with Crippen LogP contribution in [0.1, 0.15) is 11.3 Å². The molecule has 9 heteroatoms. The maximum Gasteiger partial charge on any atom is 0.160 e. The van der Waals surface area contributed by atoms with Gasteiger partial charge in [0.15, 0.2) is 11.5 Å². The van der Waals surface area contributed by atoms with E-state index in [0.29, 0.717) is 18.0 Å². The number of nitrogens with zero attached hydrogens (tertiary/aromatic N) is 2. The zero-order valence-corrected chi connectivity index (χ0v) is 21.0. The maximum atomic E-state index is 10.3. The minimum Gasteiger partial charge on any atom is -0.493 e. The average Bonchev–Trinajstić information content (AvgIpc) is 3.39. The van der Waals surface area contributed by atoms with Gasteiger partial charge in [0.2, 0.25) is 0 Å². The number of aliphatic hydroxyl groups excluding tert-OH is 1. The van der Waals surface area contributed by atoms with Gasteiger partial charge in [-0.05, 0) is 54.9 Å². The highest BCUT2D eigenvalue weighted by Gasteiger charge is 2.13. The molecule has 0 unspecified atom stereocenters. The molecule has 2 heterocycles. The summed E-state index contributed by atoms with van der Waals surface area (Å²) in [5, 5.41) is 13.6. The first-order valence-corrected chi connectivity index (χ1v) is 12.3. The van der Waals surface area contributed by atoms with Gasteiger partial charge in [0.25, 0.3) is 0 Å². The number of nitrogens with one attached hydrogen (secondary N) is 2. The van der Waals surface area contributed by atoms with E-state index in [0.717, 1.165) is 74.2 Å². The number of aliphatic hydroxyl groups is 1. The first-order valence-electron chi connectivity index (χ1n) is 12.3. The highest BCUT2D eigenvalue weighted by molar-refractivity contribution is 5.56. The smallest absolute Gasteiger partial charge is 0.160 e. The molecule has 1 aliphatic rings. The molecule has 0 spiro atoms. The highest BCUT2D eigenvalue weighted by atomic mass is 16.5. The van der Waals surface area contributed by atoms with Crippen LogP contribution in [0.5, 0.6) is 17.2 Å². The number of morpholine rings is 1. The van der Waals surface area contributed by atoms with Gasteiger partial charge < -0.3 is 34.4 Å². The van der Waals surface area contributed by atoms with E-state index < -0.39 is 6.10 Å². The summed E-state index contributed by atoms with van der Waals surface area (Å²) in [6.07, 6.45) is 2.10. The fourth-order valence-corrected chi connectivity index (χ4v) is 4.08. The number of aromatic amines is 1. The summed E-state index contributed by atoms with van der Waals surface area (Å²) in [6.45, 7) is 5.70. The Morgan fingerprint density at radius 3 is 2.61 bits per heavy atom. The summed E-state index contributed by atoms with van der Waals surface area (Å²) in [6, 6.07) is 13.6. The van der Waals surface area contributed by atoms with Crippen molar-refractivity contribution in [2.75, 3.05) is 60.2 Å². The molecule has 0 aliphatic carbocycles. The molecule has 1 saturated heterocycles. The van der Waals surface area contributed by atoms with Gasteiger partial charge in [-0.1, -0.05) is 6.07 Å². The summed E-state index contributed by atoms with van der Waals surface area (Å²) < 4.78 is 21.8. The van der Waals surface area contributed by atoms with E-state index in [1.165, 1.54) is 0 Å². The van der Waals surface area contributed by atoms with E-state index in [9.17, 15) is 5.11 Å². The molecule has 1 atom stereocenters. The predicted octanol–water partition coefficient (Wildman–Crippen LogP) is 2.50. The average molecular weight is 497 g/mol. The van der Waals surface area contributed by atoms with Gasteiger partial charge in [0.1, 0.15) is 24.3 Å². The summed E-state index contributed by atoms with van der Waals surface area (Å²) in [7, 11) is 3.25. The number of benzene rings is 2. The maximum absolute atomic E-state index is 10.3. The number of hydrogen-bond donors (Lipinski definition) is 3. The number of methoxy groups -OCH3 is 2. The lowest BCUT2D eigenvalue weighted by molar-refractivity contribution is 0.0337. The second-order valence-corrected chi connectivity index (χ2v) is 8.78. The van der Waals surface area contributed by atoms with Crippen LogP contribution in [0.15, 0.2) is 48.7 Å². The topological polar surface area (TPSA) is 101 Å². The second kappa shape index (κ2) is 13.3. The van der Waals surface area contributed by atoms with E-state index in [2.05, 4.69) is 20.2 Å². The quantitative estimate of drug-likeness (QED) is 0.311. The van der Waals surface area contributed by atoms with Crippen molar-refractivity contribution in [1.82, 2.24) is 20.2 Å². The minimum atomic E-state index is -0.608. The number of rotatable bonds is 13. The Balaban J connectivity index is 1.16. The molecule has 2 aromatic carbocycles. The standard InChI is InChI=1S/C27H36N4O5/c1-33-25-8-3-20(15-26(25)34-2)9-10-28-17-23(32)19-36-24-6-4-21(5-7-24)27-29-16-22(30-27)18-31-11-13-35-14-12-31/h3-8,15-16,23,28,32H,9-14,17-19H2,1-2H3,(H,29,30)/t23-/m0/s1. The van der Waals surface area contributed by atoms with Gasteiger partial charge in [0.05, 0.1) is 27.4 Å². The number of hydrogen-bond acceptors (Lipinski definition) is 8. The number of imidazole rings is 1. The predicted molar refractivity (Wildman–Crippen MR) is 138 cm³/mol. The van der Waals surface area contributed by atoms with Gasteiger partial charge in [-0.3, -0.25) is 4.90 Å². The van der Waals surface area contributed by atoms with Crippen molar-refractivity contribution in [2.24, 2.45) is 0 Å². The van der Waals surface area contributed by atoms with Crippen LogP contribution < -0.4 is 19.5 Å². The third-order valence-corrected chi connectivity index (χ3v) is 6.11. The fourth-order valence-electron chi connectivity index (χ4n) is 4.08. The number of H-pyrrole nitrogens is 1. The Morgan fingerprint density at radius 2 is 1.86 bits per heavy atom. The van der Waals surface area contributed by atoms with Crippen LogP contribution >= 0.6 is 0 Å². The van der Waals surface area contributed by atoms with Crippen LogP contribution in [0.4, 0.5) is 0 Å². The van der Waals surface area contributed by atoms with Crippen molar-refractivity contribution >= 4 is 0 Å². The molecule has 4 rings (SSSR count). The minimum absolute atomic E-state index is 0.215. The fraction of sp³-hybridized carbons (Fsp3) is 0.444. The Morgan fingerprint density at radius 1 is 1.08 bits per heavy atom. The third-order valence-electron chi connectivity index (χ3n) is 6.11. The van der Waals surface area contributed by atoms with E-state index in [1.54, 1.807) is 14.2 Å².